The van der Waals surface area contributed by atoms with Gasteiger partial charge in [0.15, 0.2) is 0 Å². The lowest BCUT2D eigenvalue weighted by molar-refractivity contribution is 0.473. The third-order valence-electron chi connectivity index (χ3n) is 4.00. The predicted molar refractivity (Wildman–Crippen MR) is 91.4 cm³/mol. The molecular weight excluding hydrogens is 302 g/mol. The van der Waals surface area contributed by atoms with Gasteiger partial charge in [0, 0.05) is 23.7 Å². The van der Waals surface area contributed by atoms with Gasteiger partial charge in [-0.3, -0.25) is 5.01 Å². The van der Waals surface area contributed by atoms with Gasteiger partial charge in [-0.2, -0.15) is 5.10 Å². The Kier molecular flexibility index (Phi) is 4.57. The lowest BCUT2D eigenvalue weighted by atomic mass is 10.0. The number of nitrogens with zero attached hydrogens (tertiary/aromatic N) is 2. The van der Waals surface area contributed by atoms with Crippen molar-refractivity contribution in [3.05, 3.63) is 45.5 Å². The van der Waals surface area contributed by atoms with Gasteiger partial charge in [0.25, 0.3) is 0 Å². The number of thioether (sulfide) groups is 1. The first-order chi connectivity index (χ1) is 10.1. The third kappa shape index (κ3) is 3.28. The van der Waals surface area contributed by atoms with E-state index in [0.717, 1.165) is 28.5 Å². The summed E-state index contributed by atoms with van der Waals surface area (Å²) in [5.41, 5.74) is 8.83. The van der Waals surface area contributed by atoms with Crippen LogP contribution in [0.3, 0.4) is 0 Å². The quantitative estimate of drug-likeness (QED) is 0.789. The highest BCUT2D eigenvalue weighted by atomic mass is 35.5. The summed E-state index contributed by atoms with van der Waals surface area (Å²) >= 11 is 7.68. The topological polar surface area (TPSA) is 41.6 Å². The molecule has 1 unspecified atom stereocenters. The average molecular weight is 322 g/mol. The molecule has 1 aromatic rings. The second-order valence-electron chi connectivity index (χ2n) is 5.57. The van der Waals surface area contributed by atoms with E-state index in [1.54, 1.807) is 11.8 Å². The maximum Gasteiger partial charge on any atom is 0.130 e. The molecule has 0 radical (unpaired) electrons. The van der Waals surface area contributed by atoms with Crippen LogP contribution < -0.4 is 5.73 Å². The van der Waals surface area contributed by atoms with Crippen LogP contribution in [0.2, 0.25) is 5.02 Å². The second-order valence-corrected chi connectivity index (χ2v) is 6.99. The van der Waals surface area contributed by atoms with Gasteiger partial charge in [0.1, 0.15) is 5.04 Å². The lowest BCUT2D eigenvalue weighted by Gasteiger charge is -2.18. The lowest BCUT2D eigenvalue weighted by Crippen LogP contribution is -2.24. The molecule has 0 aromatic heterocycles. The van der Waals surface area contributed by atoms with Crippen LogP contribution in [0.4, 0.5) is 0 Å². The van der Waals surface area contributed by atoms with Crippen molar-refractivity contribution in [2.24, 2.45) is 10.8 Å². The van der Waals surface area contributed by atoms with Crippen LogP contribution in [-0.2, 0) is 0 Å². The van der Waals surface area contributed by atoms with Crippen LogP contribution in [0.1, 0.15) is 37.7 Å². The second kappa shape index (κ2) is 6.42. The zero-order valence-electron chi connectivity index (χ0n) is 12.2. The smallest absolute Gasteiger partial charge is 0.130 e. The van der Waals surface area contributed by atoms with E-state index in [4.69, 9.17) is 17.3 Å². The van der Waals surface area contributed by atoms with E-state index < -0.39 is 0 Å². The van der Waals surface area contributed by atoms with Crippen molar-refractivity contribution in [3.8, 4) is 0 Å². The van der Waals surface area contributed by atoms with Gasteiger partial charge in [0.05, 0.1) is 5.03 Å². The molecule has 5 heteroatoms. The largest absolute Gasteiger partial charge is 0.324 e. The summed E-state index contributed by atoms with van der Waals surface area (Å²) in [4.78, 5) is 0. The van der Waals surface area contributed by atoms with E-state index in [2.05, 4.69) is 5.10 Å². The maximum atomic E-state index is 6.36. The van der Waals surface area contributed by atoms with E-state index in [9.17, 15) is 0 Å². The standard InChI is InChI=1S/C16H20ClN3S/c1-20-16(13-5-3-2-4-6-14(13)18)21-15(19-20)11-7-9-12(17)10-8-11/h7-10,14H,2-6,18H2,1H3. The number of hydrazone groups is 1. The van der Waals surface area contributed by atoms with Crippen LogP contribution in [-0.4, -0.2) is 23.1 Å². The molecule has 0 saturated heterocycles. The number of hydrogen-bond acceptors (Lipinski definition) is 4. The van der Waals surface area contributed by atoms with E-state index in [1.165, 1.54) is 29.9 Å². The van der Waals surface area contributed by atoms with Gasteiger partial charge in [0.2, 0.25) is 0 Å². The molecule has 3 rings (SSSR count). The Bertz CT molecular complexity index is 580. The summed E-state index contributed by atoms with van der Waals surface area (Å²) in [5.74, 6) is 0. The van der Waals surface area contributed by atoms with Gasteiger partial charge in [-0.05, 0) is 48.7 Å². The van der Waals surface area contributed by atoms with Gasteiger partial charge >= 0.3 is 0 Å². The molecule has 0 amide bonds. The molecule has 1 aliphatic carbocycles. The van der Waals surface area contributed by atoms with Crippen molar-refractivity contribution < 1.29 is 0 Å². The molecule has 1 fully saturated rings. The Morgan fingerprint density at radius 2 is 2.00 bits per heavy atom. The average Bonchev–Trinajstić information content (AvgIpc) is 2.72. The minimum Gasteiger partial charge on any atom is -0.324 e. The Morgan fingerprint density at radius 3 is 2.76 bits per heavy atom. The molecular formula is C16H20ClN3S. The molecule has 1 atom stereocenters. The first-order valence-electron chi connectivity index (χ1n) is 7.40. The Hall–Kier alpha value is -0.970. The van der Waals surface area contributed by atoms with Crippen LogP contribution in [0, 0.1) is 0 Å². The molecule has 21 heavy (non-hydrogen) atoms. The van der Waals surface area contributed by atoms with Gasteiger partial charge in [-0.15, -0.1) is 0 Å². The normalized spacial score (nSPS) is 26.7. The summed E-state index contributed by atoms with van der Waals surface area (Å²) in [6.45, 7) is 0. The van der Waals surface area contributed by atoms with Crippen LogP contribution >= 0.6 is 23.4 Å². The SMILES string of the molecule is CN1N=C(c2ccc(Cl)cc2)SC1=C1CCCCCC1N. The van der Waals surface area contributed by atoms with E-state index in [1.807, 2.05) is 36.3 Å². The summed E-state index contributed by atoms with van der Waals surface area (Å²) in [5, 5.41) is 9.64. The number of benzene rings is 1. The molecule has 112 valence electrons. The highest BCUT2D eigenvalue weighted by Gasteiger charge is 2.26. The molecule has 0 bridgehead atoms. The molecule has 0 spiro atoms. The number of halogens is 1. The van der Waals surface area contributed by atoms with Gasteiger partial charge < -0.3 is 5.73 Å². The fraction of sp³-hybridized carbons (Fsp3) is 0.438. The monoisotopic (exact) mass is 321 g/mol. The fourth-order valence-corrected chi connectivity index (χ4v) is 4.11. The predicted octanol–water partition coefficient (Wildman–Crippen LogP) is 4.18. The van der Waals surface area contributed by atoms with Crippen molar-refractivity contribution in [3.63, 3.8) is 0 Å². The van der Waals surface area contributed by atoms with Crippen LogP contribution in [0.25, 0.3) is 0 Å². The first-order valence-corrected chi connectivity index (χ1v) is 8.59. The van der Waals surface area contributed by atoms with Crippen molar-refractivity contribution in [1.82, 2.24) is 5.01 Å². The number of rotatable bonds is 1. The Morgan fingerprint density at radius 1 is 1.24 bits per heavy atom. The summed E-state index contributed by atoms with van der Waals surface area (Å²) in [6.07, 6.45) is 5.93. The van der Waals surface area contributed by atoms with Crippen molar-refractivity contribution >= 4 is 28.4 Å². The Labute approximate surface area is 135 Å². The minimum atomic E-state index is 0.178. The van der Waals surface area contributed by atoms with E-state index in [-0.39, 0.29) is 6.04 Å². The number of nitrogens with two attached hydrogens (primary N) is 1. The maximum absolute atomic E-state index is 6.36. The molecule has 1 heterocycles. The highest BCUT2D eigenvalue weighted by molar-refractivity contribution is 8.17. The zero-order valence-corrected chi connectivity index (χ0v) is 13.8. The zero-order chi connectivity index (χ0) is 14.8. The van der Waals surface area contributed by atoms with Crippen LogP contribution in [0.5, 0.6) is 0 Å². The minimum absolute atomic E-state index is 0.178. The molecule has 1 aliphatic heterocycles. The van der Waals surface area contributed by atoms with Crippen molar-refractivity contribution in [2.45, 2.75) is 38.1 Å². The summed E-state index contributed by atoms with van der Waals surface area (Å²) in [6, 6.07) is 8.02. The molecule has 1 aromatic carbocycles. The summed E-state index contributed by atoms with van der Waals surface area (Å²) < 4.78 is 0. The van der Waals surface area contributed by atoms with Gasteiger partial charge in [-0.1, -0.05) is 36.6 Å². The van der Waals surface area contributed by atoms with Crippen molar-refractivity contribution in [1.29, 1.82) is 0 Å². The first kappa shape index (κ1) is 14.9. The highest BCUT2D eigenvalue weighted by Crippen LogP contribution is 2.38. The number of hydrogen-bond donors (Lipinski definition) is 1. The molecule has 2 N–H and O–H groups in total. The Balaban J connectivity index is 1.86. The van der Waals surface area contributed by atoms with Crippen LogP contribution in [0.15, 0.2) is 40.0 Å². The van der Waals surface area contributed by atoms with E-state index in [0.29, 0.717) is 0 Å². The summed E-state index contributed by atoms with van der Waals surface area (Å²) in [7, 11) is 2.01. The van der Waals surface area contributed by atoms with E-state index >= 15 is 0 Å². The fourth-order valence-electron chi connectivity index (χ4n) is 2.82. The van der Waals surface area contributed by atoms with Crippen molar-refractivity contribution in [2.75, 3.05) is 7.05 Å². The molecule has 1 saturated carbocycles. The third-order valence-corrected chi connectivity index (χ3v) is 5.49. The van der Waals surface area contributed by atoms with Gasteiger partial charge in [-0.25, -0.2) is 0 Å². The molecule has 3 nitrogen and oxygen atoms in total. The molecule has 2 aliphatic rings.